The SMILES string of the molecule is COC(=O)C(c1ccc2c(c1)CCCS2)C(C)C. The summed E-state index contributed by atoms with van der Waals surface area (Å²) in [6.07, 6.45) is 2.36. The highest BCUT2D eigenvalue weighted by atomic mass is 32.2. The molecule has 0 aliphatic carbocycles. The minimum absolute atomic E-state index is 0.131. The van der Waals surface area contributed by atoms with Gasteiger partial charge in [-0.1, -0.05) is 26.0 Å². The molecule has 0 spiro atoms. The first kappa shape index (κ1) is 13.5. The van der Waals surface area contributed by atoms with E-state index in [1.165, 1.54) is 29.7 Å². The lowest BCUT2D eigenvalue weighted by atomic mass is 9.87. The Morgan fingerprint density at radius 2 is 2.17 bits per heavy atom. The van der Waals surface area contributed by atoms with Gasteiger partial charge in [-0.15, -0.1) is 11.8 Å². The van der Waals surface area contributed by atoms with E-state index < -0.39 is 0 Å². The monoisotopic (exact) mass is 264 g/mol. The number of rotatable bonds is 3. The zero-order valence-corrected chi connectivity index (χ0v) is 12.0. The number of aryl methyl sites for hydroxylation is 1. The average Bonchev–Trinajstić information content (AvgIpc) is 2.38. The van der Waals surface area contributed by atoms with Gasteiger partial charge in [0, 0.05) is 4.90 Å². The first-order valence-electron chi connectivity index (χ1n) is 6.47. The molecule has 0 fully saturated rings. The molecule has 0 saturated carbocycles. The fourth-order valence-electron chi connectivity index (χ4n) is 2.49. The molecule has 2 nitrogen and oxygen atoms in total. The van der Waals surface area contributed by atoms with Crippen LogP contribution in [-0.2, 0) is 16.0 Å². The van der Waals surface area contributed by atoms with Gasteiger partial charge in [-0.3, -0.25) is 4.79 Å². The molecule has 0 amide bonds. The number of carbonyl (C=O) groups excluding carboxylic acids is 1. The zero-order chi connectivity index (χ0) is 13.1. The number of thioether (sulfide) groups is 1. The van der Waals surface area contributed by atoms with E-state index in [9.17, 15) is 4.79 Å². The Morgan fingerprint density at radius 3 is 2.83 bits per heavy atom. The molecule has 1 aromatic carbocycles. The molecule has 1 heterocycles. The van der Waals surface area contributed by atoms with Crippen LogP contribution in [0.5, 0.6) is 0 Å². The lowest BCUT2D eigenvalue weighted by molar-refractivity contribution is -0.143. The van der Waals surface area contributed by atoms with Crippen LogP contribution in [-0.4, -0.2) is 18.8 Å². The number of benzene rings is 1. The second kappa shape index (κ2) is 5.79. The molecule has 0 saturated heterocycles. The van der Waals surface area contributed by atoms with Crippen molar-refractivity contribution in [2.45, 2.75) is 37.5 Å². The molecule has 1 aliphatic heterocycles. The van der Waals surface area contributed by atoms with E-state index in [4.69, 9.17) is 4.74 Å². The van der Waals surface area contributed by atoms with Crippen molar-refractivity contribution in [2.24, 2.45) is 5.92 Å². The molecule has 18 heavy (non-hydrogen) atoms. The summed E-state index contributed by atoms with van der Waals surface area (Å²) in [4.78, 5) is 13.3. The summed E-state index contributed by atoms with van der Waals surface area (Å²) in [5, 5.41) is 0. The number of methoxy groups -OCH3 is 1. The quantitative estimate of drug-likeness (QED) is 0.780. The fraction of sp³-hybridized carbons (Fsp3) is 0.533. The minimum Gasteiger partial charge on any atom is -0.469 e. The molecule has 0 radical (unpaired) electrons. The predicted octanol–water partition coefficient (Wildman–Crippen LogP) is 3.64. The third-order valence-electron chi connectivity index (χ3n) is 3.41. The highest BCUT2D eigenvalue weighted by molar-refractivity contribution is 7.99. The molecule has 0 bridgehead atoms. The Morgan fingerprint density at radius 1 is 1.39 bits per heavy atom. The van der Waals surface area contributed by atoms with Crippen molar-refractivity contribution in [1.82, 2.24) is 0 Å². The Balaban J connectivity index is 2.33. The summed E-state index contributed by atoms with van der Waals surface area (Å²) in [5.74, 6) is 1.18. The van der Waals surface area contributed by atoms with Gasteiger partial charge in [0.15, 0.2) is 0 Å². The number of fused-ring (bicyclic) bond motifs is 1. The summed E-state index contributed by atoms with van der Waals surface area (Å²) in [5.41, 5.74) is 2.48. The van der Waals surface area contributed by atoms with Gasteiger partial charge in [-0.25, -0.2) is 0 Å². The molecule has 1 aliphatic rings. The van der Waals surface area contributed by atoms with E-state index in [-0.39, 0.29) is 17.8 Å². The van der Waals surface area contributed by atoms with Crippen LogP contribution in [0.3, 0.4) is 0 Å². The van der Waals surface area contributed by atoms with E-state index in [2.05, 4.69) is 32.0 Å². The van der Waals surface area contributed by atoms with Gasteiger partial charge >= 0.3 is 5.97 Å². The minimum atomic E-state index is -0.146. The molecular weight excluding hydrogens is 244 g/mol. The van der Waals surface area contributed by atoms with Crippen molar-refractivity contribution in [2.75, 3.05) is 12.9 Å². The van der Waals surface area contributed by atoms with Gasteiger partial charge in [0.25, 0.3) is 0 Å². The average molecular weight is 264 g/mol. The van der Waals surface area contributed by atoms with Crippen LogP contribution in [0.1, 0.15) is 37.3 Å². The maximum absolute atomic E-state index is 11.9. The molecule has 1 aromatic rings. The van der Waals surface area contributed by atoms with Crippen LogP contribution in [0.25, 0.3) is 0 Å². The third kappa shape index (κ3) is 2.72. The Hall–Kier alpha value is -0.960. The van der Waals surface area contributed by atoms with Crippen LogP contribution in [0.2, 0.25) is 0 Å². The van der Waals surface area contributed by atoms with Crippen LogP contribution >= 0.6 is 11.8 Å². The molecular formula is C15H20O2S. The van der Waals surface area contributed by atoms with E-state index in [1.54, 1.807) is 0 Å². The van der Waals surface area contributed by atoms with Crippen LogP contribution in [0, 0.1) is 5.92 Å². The largest absolute Gasteiger partial charge is 0.469 e. The first-order valence-corrected chi connectivity index (χ1v) is 7.45. The molecule has 98 valence electrons. The lowest BCUT2D eigenvalue weighted by Gasteiger charge is -2.22. The molecule has 2 rings (SSSR count). The maximum atomic E-state index is 11.9. The van der Waals surface area contributed by atoms with Crippen molar-refractivity contribution in [3.05, 3.63) is 29.3 Å². The smallest absolute Gasteiger partial charge is 0.313 e. The molecule has 1 atom stereocenters. The summed E-state index contributed by atoms with van der Waals surface area (Å²) in [6, 6.07) is 6.44. The van der Waals surface area contributed by atoms with Crippen LogP contribution in [0.4, 0.5) is 0 Å². The second-order valence-electron chi connectivity index (χ2n) is 5.06. The van der Waals surface area contributed by atoms with Gasteiger partial charge in [-0.05, 0) is 41.7 Å². The van der Waals surface area contributed by atoms with E-state index >= 15 is 0 Å². The van der Waals surface area contributed by atoms with Crippen molar-refractivity contribution < 1.29 is 9.53 Å². The lowest BCUT2D eigenvalue weighted by Crippen LogP contribution is -2.20. The normalized spacial score (nSPS) is 16.2. The number of hydrogen-bond acceptors (Lipinski definition) is 3. The third-order valence-corrected chi connectivity index (χ3v) is 4.62. The van der Waals surface area contributed by atoms with Crippen LogP contribution < -0.4 is 0 Å². The topological polar surface area (TPSA) is 26.3 Å². The summed E-state index contributed by atoms with van der Waals surface area (Å²) >= 11 is 1.92. The number of ether oxygens (including phenoxy) is 1. The Bertz CT molecular complexity index is 440. The van der Waals surface area contributed by atoms with E-state index in [1.807, 2.05) is 11.8 Å². The standard InChI is InChI=1S/C15H20O2S/c1-10(2)14(15(16)17-3)12-6-7-13-11(9-12)5-4-8-18-13/h6-7,9-10,14H,4-5,8H2,1-3H3. The van der Waals surface area contributed by atoms with E-state index in [0.717, 1.165) is 12.0 Å². The van der Waals surface area contributed by atoms with Gasteiger partial charge in [0.05, 0.1) is 13.0 Å². The Labute approximate surface area is 113 Å². The van der Waals surface area contributed by atoms with Crippen LogP contribution in [0.15, 0.2) is 23.1 Å². The van der Waals surface area contributed by atoms with E-state index in [0.29, 0.717) is 0 Å². The molecule has 3 heteroatoms. The van der Waals surface area contributed by atoms with Gasteiger partial charge < -0.3 is 4.74 Å². The molecule has 1 unspecified atom stereocenters. The van der Waals surface area contributed by atoms with Crippen molar-refractivity contribution >= 4 is 17.7 Å². The first-order chi connectivity index (χ1) is 8.63. The summed E-state index contributed by atoms with van der Waals surface area (Å²) in [6.45, 7) is 4.13. The number of esters is 1. The second-order valence-corrected chi connectivity index (χ2v) is 6.20. The number of hydrogen-bond donors (Lipinski definition) is 0. The van der Waals surface area contributed by atoms with Gasteiger partial charge in [-0.2, -0.15) is 0 Å². The zero-order valence-electron chi connectivity index (χ0n) is 11.2. The number of carbonyl (C=O) groups is 1. The Kier molecular flexibility index (Phi) is 4.33. The maximum Gasteiger partial charge on any atom is 0.313 e. The van der Waals surface area contributed by atoms with Gasteiger partial charge in [0.2, 0.25) is 0 Å². The summed E-state index contributed by atoms with van der Waals surface area (Å²) < 4.78 is 4.93. The predicted molar refractivity (Wildman–Crippen MR) is 75.1 cm³/mol. The van der Waals surface area contributed by atoms with Crippen molar-refractivity contribution in [1.29, 1.82) is 0 Å². The van der Waals surface area contributed by atoms with Crippen molar-refractivity contribution in [3.8, 4) is 0 Å². The molecule has 0 N–H and O–H groups in total. The molecule has 0 aromatic heterocycles. The van der Waals surface area contributed by atoms with Gasteiger partial charge in [0.1, 0.15) is 0 Å². The highest BCUT2D eigenvalue weighted by Crippen LogP contribution is 2.34. The highest BCUT2D eigenvalue weighted by Gasteiger charge is 2.26. The van der Waals surface area contributed by atoms with Crippen molar-refractivity contribution in [3.63, 3.8) is 0 Å². The fourth-order valence-corrected chi connectivity index (χ4v) is 3.51. The summed E-state index contributed by atoms with van der Waals surface area (Å²) in [7, 11) is 1.46.